The summed E-state index contributed by atoms with van der Waals surface area (Å²) >= 11 is 0. The molecule has 0 saturated heterocycles. The van der Waals surface area contributed by atoms with E-state index in [1.54, 1.807) is 0 Å². The number of benzene rings is 1. The van der Waals surface area contributed by atoms with Crippen LogP contribution in [0.4, 0.5) is 0 Å². The van der Waals surface area contributed by atoms with Gasteiger partial charge in [-0.1, -0.05) is 18.2 Å². The fourth-order valence-electron chi connectivity index (χ4n) is 2.66. The smallest absolute Gasteiger partial charge is 0.272 e. The van der Waals surface area contributed by atoms with Crippen molar-refractivity contribution in [1.29, 1.82) is 0 Å². The number of amides is 1. The average Bonchev–Trinajstić information content (AvgIpc) is 2.37. The Morgan fingerprint density at radius 1 is 1.10 bits per heavy atom. The summed E-state index contributed by atoms with van der Waals surface area (Å²) in [7, 11) is 0. The molecule has 1 heterocycles. The highest BCUT2D eigenvalue weighted by atomic mass is 16.2. The summed E-state index contributed by atoms with van der Waals surface area (Å²) in [5.74, 6) is 0.00357. The Bertz CT molecular complexity index is 624. The Morgan fingerprint density at radius 2 is 1.70 bits per heavy atom. The van der Waals surface area contributed by atoms with Crippen LogP contribution in [-0.2, 0) is 0 Å². The number of para-hydroxylation sites is 1. The van der Waals surface area contributed by atoms with E-state index < -0.39 is 0 Å². The molecular weight excluding hydrogens is 248 g/mol. The van der Waals surface area contributed by atoms with Gasteiger partial charge in [-0.2, -0.15) is 0 Å². The second kappa shape index (κ2) is 5.61. The molecule has 20 heavy (non-hydrogen) atoms. The summed E-state index contributed by atoms with van der Waals surface area (Å²) in [6, 6.07) is 10.1. The van der Waals surface area contributed by atoms with Gasteiger partial charge < -0.3 is 4.90 Å². The van der Waals surface area contributed by atoms with Crippen molar-refractivity contribution in [3.63, 3.8) is 0 Å². The number of carbonyl (C=O) groups excluding carboxylic acids is 1. The number of rotatable bonds is 3. The molecule has 3 nitrogen and oxygen atoms in total. The molecule has 1 amide bonds. The minimum atomic E-state index is 0.00357. The van der Waals surface area contributed by atoms with E-state index in [0.29, 0.717) is 5.69 Å². The molecule has 0 unspecified atom stereocenters. The lowest BCUT2D eigenvalue weighted by Crippen LogP contribution is -2.42. The third-order valence-corrected chi connectivity index (χ3v) is 3.49. The molecule has 106 valence electrons. The van der Waals surface area contributed by atoms with Gasteiger partial charge in [0.25, 0.3) is 5.91 Å². The summed E-state index contributed by atoms with van der Waals surface area (Å²) in [6.45, 7) is 10.2. The number of aromatic nitrogens is 1. The van der Waals surface area contributed by atoms with Gasteiger partial charge >= 0.3 is 0 Å². The van der Waals surface area contributed by atoms with Crippen LogP contribution in [0.3, 0.4) is 0 Å². The maximum atomic E-state index is 12.7. The molecule has 0 fully saturated rings. The van der Waals surface area contributed by atoms with Crippen LogP contribution in [0.2, 0.25) is 0 Å². The van der Waals surface area contributed by atoms with E-state index in [0.717, 1.165) is 16.5 Å². The van der Waals surface area contributed by atoms with E-state index in [1.807, 2.05) is 69.9 Å². The van der Waals surface area contributed by atoms with Crippen LogP contribution >= 0.6 is 0 Å². The van der Waals surface area contributed by atoms with E-state index in [2.05, 4.69) is 4.98 Å². The molecule has 1 aromatic carbocycles. The molecule has 0 N–H and O–H groups in total. The number of hydrogen-bond acceptors (Lipinski definition) is 2. The van der Waals surface area contributed by atoms with Crippen molar-refractivity contribution in [2.24, 2.45) is 0 Å². The Kier molecular flexibility index (Phi) is 4.07. The Morgan fingerprint density at radius 3 is 2.30 bits per heavy atom. The Balaban J connectivity index is 2.49. The summed E-state index contributed by atoms with van der Waals surface area (Å²) in [4.78, 5) is 19.1. The molecule has 0 radical (unpaired) electrons. The zero-order valence-electron chi connectivity index (χ0n) is 12.8. The number of hydrogen-bond donors (Lipinski definition) is 0. The quantitative estimate of drug-likeness (QED) is 0.850. The lowest BCUT2D eigenvalue weighted by atomic mass is 10.1. The van der Waals surface area contributed by atoms with Crippen LogP contribution in [0, 0.1) is 6.92 Å². The fourth-order valence-corrected chi connectivity index (χ4v) is 2.66. The summed E-state index contributed by atoms with van der Waals surface area (Å²) in [5, 5.41) is 1.10. The third kappa shape index (κ3) is 2.67. The van der Waals surface area contributed by atoms with E-state index in [4.69, 9.17) is 0 Å². The first-order valence-electron chi connectivity index (χ1n) is 7.11. The average molecular weight is 270 g/mol. The number of pyridine rings is 1. The van der Waals surface area contributed by atoms with Gasteiger partial charge in [0, 0.05) is 17.5 Å². The lowest BCUT2D eigenvalue weighted by molar-refractivity contribution is 0.0638. The van der Waals surface area contributed by atoms with Crippen LogP contribution in [0.1, 0.15) is 43.7 Å². The number of carbonyl (C=O) groups is 1. The lowest BCUT2D eigenvalue weighted by Gasteiger charge is -2.30. The first-order valence-corrected chi connectivity index (χ1v) is 7.11. The zero-order valence-corrected chi connectivity index (χ0v) is 12.8. The fraction of sp³-hybridized carbons (Fsp3) is 0.412. The summed E-state index contributed by atoms with van der Waals surface area (Å²) in [5.41, 5.74) is 2.50. The van der Waals surface area contributed by atoms with Crippen molar-refractivity contribution in [2.45, 2.75) is 46.7 Å². The zero-order chi connectivity index (χ0) is 14.9. The third-order valence-electron chi connectivity index (χ3n) is 3.49. The van der Waals surface area contributed by atoms with Crippen LogP contribution in [0.15, 0.2) is 30.3 Å². The van der Waals surface area contributed by atoms with Crippen LogP contribution in [-0.4, -0.2) is 27.9 Å². The molecule has 0 aliphatic rings. The van der Waals surface area contributed by atoms with Gasteiger partial charge in [0.1, 0.15) is 5.69 Å². The van der Waals surface area contributed by atoms with Crippen molar-refractivity contribution in [3.8, 4) is 0 Å². The minimum absolute atomic E-state index is 0.00357. The van der Waals surface area contributed by atoms with Gasteiger partial charge in [-0.05, 0) is 52.3 Å². The highest BCUT2D eigenvalue weighted by Gasteiger charge is 2.23. The van der Waals surface area contributed by atoms with Crippen molar-refractivity contribution in [1.82, 2.24) is 9.88 Å². The standard InChI is InChI=1S/C17H22N2O/c1-11(2)19(12(3)4)17(20)16-10-13(5)14-8-6-7-9-15(14)18-16/h6-12H,1-5H3. The normalized spacial score (nSPS) is 11.3. The molecule has 0 atom stereocenters. The molecule has 0 bridgehead atoms. The Labute approximate surface area is 120 Å². The SMILES string of the molecule is Cc1cc(C(=O)N(C(C)C)C(C)C)nc2ccccc12. The van der Waals surface area contributed by atoms with Crippen LogP contribution in [0.5, 0.6) is 0 Å². The minimum Gasteiger partial charge on any atom is -0.332 e. The van der Waals surface area contributed by atoms with Gasteiger partial charge in [-0.15, -0.1) is 0 Å². The molecule has 0 aliphatic heterocycles. The second-order valence-electron chi connectivity index (χ2n) is 5.74. The van der Waals surface area contributed by atoms with E-state index >= 15 is 0 Å². The molecule has 2 rings (SSSR count). The topological polar surface area (TPSA) is 33.2 Å². The van der Waals surface area contributed by atoms with Gasteiger partial charge in [0.05, 0.1) is 5.52 Å². The van der Waals surface area contributed by atoms with Gasteiger partial charge in [0.15, 0.2) is 0 Å². The summed E-state index contributed by atoms with van der Waals surface area (Å²) in [6.07, 6.45) is 0. The number of fused-ring (bicyclic) bond motifs is 1. The molecular formula is C17H22N2O. The van der Waals surface area contributed by atoms with Gasteiger partial charge in [-0.3, -0.25) is 4.79 Å². The monoisotopic (exact) mass is 270 g/mol. The molecule has 3 heteroatoms. The van der Waals surface area contributed by atoms with Crippen LogP contribution in [0.25, 0.3) is 10.9 Å². The molecule has 0 spiro atoms. The van der Waals surface area contributed by atoms with E-state index in [-0.39, 0.29) is 18.0 Å². The molecule has 2 aromatic rings. The van der Waals surface area contributed by atoms with E-state index in [1.165, 1.54) is 0 Å². The number of aryl methyl sites for hydroxylation is 1. The second-order valence-corrected chi connectivity index (χ2v) is 5.74. The first kappa shape index (κ1) is 14.5. The van der Waals surface area contributed by atoms with Gasteiger partial charge in [-0.25, -0.2) is 4.98 Å². The first-order chi connectivity index (χ1) is 9.41. The highest BCUT2D eigenvalue weighted by Crippen LogP contribution is 2.19. The van der Waals surface area contributed by atoms with Crippen molar-refractivity contribution >= 4 is 16.8 Å². The predicted octanol–water partition coefficient (Wildman–Crippen LogP) is 3.80. The highest BCUT2D eigenvalue weighted by molar-refractivity contribution is 5.96. The predicted molar refractivity (Wildman–Crippen MR) is 82.9 cm³/mol. The van der Waals surface area contributed by atoms with E-state index in [9.17, 15) is 4.79 Å². The maximum Gasteiger partial charge on any atom is 0.272 e. The number of nitrogens with zero attached hydrogens (tertiary/aromatic N) is 2. The van der Waals surface area contributed by atoms with Crippen molar-refractivity contribution < 1.29 is 4.79 Å². The molecule has 1 aromatic heterocycles. The molecule has 0 saturated carbocycles. The largest absolute Gasteiger partial charge is 0.332 e. The summed E-state index contributed by atoms with van der Waals surface area (Å²) < 4.78 is 0. The van der Waals surface area contributed by atoms with Crippen molar-refractivity contribution in [3.05, 3.63) is 41.6 Å². The van der Waals surface area contributed by atoms with Crippen molar-refractivity contribution in [2.75, 3.05) is 0 Å². The van der Waals surface area contributed by atoms with Gasteiger partial charge in [0.2, 0.25) is 0 Å². The Hall–Kier alpha value is -1.90. The maximum absolute atomic E-state index is 12.7. The molecule has 0 aliphatic carbocycles. The van der Waals surface area contributed by atoms with Crippen LogP contribution < -0.4 is 0 Å².